The Labute approximate surface area is 152 Å². The molecule has 8 nitrogen and oxygen atoms in total. The second kappa shape index (κ2) is 7.22. The number of benzene rings is 2. The highest BCUT2D eigenvalue weighted by molar-refractivity contribution is 7.89. The molecule has 26 heavy (non-hydrogen) atoms. The molecule has 136 valence electrons. The van der Waals surface area contributed by atoms with Crippen molar-refractivity contribution in [3.8, 4) is 11.4 Å². The summed E-state index contributed by atoms with van der Waals surface area (Å²) in [5, 5.41) is 15.4. The predicted molar refractivity (Wildman–Crippen MR) is 98.9 cm³/mol. The Morgan fingerprint density at radius 1 is 1.12 bits per heavy atom. The summed E-state index contributed by atoms with van der Waals surface area (Å²) in [5.41, 5.74) is 2.42. The van der Waals surface area contributed by atoms with E-state index in [0.29, 0.717) is 17.9 Å². The lowest BCUT2D eigenvalue weighted by molar-refractivity contribution is 0.521. The SMILES string of the molecule is CN(C)S(=O)(=O)c1ccc(NCc2ccccc2)c(-c2nnn(C)n2)c1. The lowest BCUT2D eigenvalue weighted by Crippen LogP contribution is -2.22. The number of rotatable bonds is 6. The highest BCUT2D eigenvalue weighted by atomic mass is 32.2. The lowest BCUT2D eigenvalue weighted by atomic mass is 10.1. The van der Waals surface area contributed by atoms with Crippen molar-refractivity contribution in [1.29, 1.82) is 0 Å². The van der Waals surface area contributed by atoms with Crippen LogP contribution in [0.3, 0.4) is 0 Å². The fourth-order valence-electron chi connectivity index (χ4n) is 2.42. The Kier molecular flexibility index (Phi) is 5.01. The van der Waals surface area contributed by atoms with Crippen molar-refractivity contribution >= 4 is 15.7 Å². The molecule has 0 amide bonds. The topological polar surface area (TPSA) is 93.0 Å². The smallest absolute Gasteiger partial charge is 0.242 e. The number of nitrogens with one attached hydrogen (secondary N) is 1. The Morgan fingerprint density at radius 2 is 1.85 bits per heavy atom. The van der Waals surface area contributed by atoms with E-state index in [9.17, 15) is 8.42 Å². The van der Waals surface area contributed by atoms with Gasteiger partial charge >= 0.3 is 0 Å². The van der Waals surface area contributed by atoms with Gasteiger partial charge in [0.1, 0.15) is 0 Å². The normalized spacial score (nSPS) is 11.7. The molecule has 0 radical (unpaired) electrons. The number of hydrogen-bond acceptors (Lipinski definition) is 6. The summed E-state index contributed by atoms with van der Waals surface area (Å²) >= 11 is 0. The van der Waals surface area contributed by atoms with Crippen LogP contribution in [0.4, 0.5) is 5.69 Å². The fraction of sp³-hybridized carbons (Fsp3) is 0.235. The minimum absolute atomic E-state index is 0.176. The van der Waals surface area contributed by atoms with Crippen LogP contribution < -0.4 is 5.32 Å². The van der Waals surface area contributed by atoms with Gasteiger partial charge in [0.05, 0.1) is 11.9 Å². The molecule has 3 aromatic rings. The van der Waals surface area contributed by atoms with Gasteiger partial charge in [-0.3, -0.25) is 0 Å². The van der Waals surface area contributed by atoms with Crippen LogP contribution in [0.15, 0.2) is 53.4 Å². The molecule has 1 aromatic heterocycles. The molecule has 2 aromatic carbocycles. The number of tetrazole rings is 1. The van der Waals surface area contributed by atoms with E-state index in [1.807, 2.05) is 30.3 Å². The molecule has 1 heterocycles. The van der Waals surface area contributed by atoms with Crippen LogP contribution in [0, 0.1) is 0 Å². The summed E-state index contributed by atoms with van der Waals surface area (Å²) < 4.78 is 26.1. The number of sulfonamides is 1. The minimum Gasteiger partial charge on any atom is -0.380 e. The molecule has 0 bridgehead atoms. The van der Waals surface area contributed by atoms with Crippen molar-refractivity contribution < 1.29 is 8.42 Å². The van der Waals surface area contributed by atoms with Crippen molar-refractivity contribution in [3.05, 3.63) is 54.1 Å². The van der Waals surface area contributed by atoms with Crippen LogP contribution in [-0.4, -0.2) is 47.0 Å². The zero-order valence-electron chi connectivity index (χ0n) is 14.8. The molecule has 0 fully saturated rings. The third kappa shape index (κ3) is 3.73. The Bertz CT molecular complexity index is 999. The zero-order chi connectivity index (χ0) is 18.7. The first-order valence-corrected chi connectivity index (χ1v) is 9.40. The molecule has 0 saturated carbocycles. The standard InChI is InChI=1S/C17H20N6O2S/c1-22(2)26(24,25)14-9-10-16(18-12-13-7-5-4-6-8-13)15(11-14)17-19-21-23(3)20-17/h4-11,18H,12H2,1-3H3. The second-order valence-corrected chi connectivity index (χ2v) is 8.09. The molecule has 0 aliphatic rings. The molecule has 0 spiro atoms. The number of nitrogens with zero attached hydrogens (tertiary/aromatic N) is 5. The molecule has 0 saturated heterocycles. The number of anilines is 1. The fourth-order valence-corrected chi connectivity index (χ4v) is 3.35. The minimum atomic E-state index is -3.56. The monoisotopic (exact) mass is 372 g/mol. The van der Waals surface area contributed by atoms with E-state index in [-0.39, 0.29) is 4.90 Å². The van der Waals surface area contributed by atoms with E-state index in [0.717, 1.165) is 11.3 Å². The maximum Gasteiger partial charge on any atom is 0.242 e. The summed E-state index contributed by atoms with van der Waals surface area (Å²) in [6, 6.07) is 14.8. The van der Waals surface area contributed by atoms with Crippen molar-refractivity contribution in [1.82, 2.24) is 24.5 Å². The van der Waals surface area contributed by atoms with Crippen molar-refractivity contribution in [2.75, 3.05) is 19.4 Å². The molecule has 0 atom stereocenters. The number of hydrogen-bond donors (Lipinski definition) is 1. The molecule has 0 aliphatic carbocycles. The van der Waals surface area contributed by atoms with Crippen LogP contribution in [0.2, 0.25) is 0 Å². The average molecular weight is 372 g/mol. The largest absolute Gasteiger partial charge is 0.380 e. The van der Waals surface area contributed by atoms with Gasteiger partial charge < -0.3 is 5.32 Å². The molecule has 3 rings (SSSR count). The van der Waals surface area contributed by atoms with Gasteiger partial charge in [-0.25, -0.2) is 12.7 Å². The lowest BCUT2D eigenvalue weighted by Gasteiger charge is -2.15. The number of aryl methyl sites for hydroxylation is 1. The summed E-state index contributed by atoms with van der Waals surface area (Å²) in [4.78, 5) is 1.51. The third-order valence-electron chi connectivity index (χ3n) is 3.84. The predicted octanol–water partition coefficient (Wildman–Crippen LogP) is 1.74. The van der Waals surface area contributed by atoms with Gasteiger partial charge in [-0.1, -0.05) is 30.3 Å². The zero-order valence-corrected chi connectivity index (χ0v) is 15.6. The van der Waals surface area contributed by atoms with Gasteiger partial charge in [0, 0.05) is 31.9 Å². The molecular formula is C17H20N6O2S. The van der Waals surface area contributed by atoms with E-state index in [4.69, 9.17) is 0 Å². The summed E-state index contributed by atoms with van der Waals surface area (Å²) in [6.07, 6.45) is 0. The number of aromatic nitrogens is 4. The maximum absolute atomic E-state index is 12.5. The van der Waals surface area contributed by atoms with Crippen molar-refractivity contribution in [2.24, 2.45) is 7.05 Å². The van der Waals surface area contributed by atoms with Crippen LogP contribution in [0.25, 0.3) is 11.4 Å². The molecule has 9 heteroatoms. The molecule has 1 N–H and O–H groups in total. The van der Waals surface area contributed by atoms with Gasteiger partial charge in [0.2, 0.25) is 15.8 Å². The van der Waals surface area contributed by atoms with Gasteiger partial charge in [-0.2, -0.15) is 4.80 Å². The molecule has 0 unspecified atom stereocenters. The highest BCUT2D eigenvalue weighted by Crippen LogP contribution is 2.29. The Balaban J connectivity index is 2.00. The average Bonchev–Trinajstić information content (AvgIpc) is 3.06. The van der Waals surface area contributed by atoms with Gasteiger partial charge in [0.25, 0.3) is 0 Å². The first-order chi connectivity index (χ1) is 12.4. The molecular weight excluding hydrogens is 352 g/mol. The summed E-state index contributed by atoms with van der Waals surface area (Å²) in [7, 11) is 1.09. The van der Waals surface area contributed by atoms with E-state index in [1.165, 1.54) is 23.2 Å². The van der Waals surface area contributed by atoms with E-state index < -0.39 is 10.0 Å². The first-order valence-electron chi connectivity index (χ1n) is 7.96. The van der Waals surface area contributed by atoms with E-state index in [2.05, 4.69) is 20.7 Å². The summed E-state index contributed by atoms with van der Waals surface area (Å²) in [5.74, 6) is 0.360. The Morgan fingerprint density at radius 3 is 2.46 bits per heavy atom. The van der Waals surface area contributed by atoms with Crippen LogP contribution >= 0.6 is 0 Å². The maximum atomic E-state index is 12.5. The van der Waals surface area contributed by atoms with Gasteiger partial charge in [-0.15, -0.1) is 10.2 Å². The van der Waals surface area contributed by atoms with Gasteiger partial charge in [-0.05, 0) is 29.0 Å². The van der Waals surface area contributed by atoms with Crippen molar-refractivity contribution in [3.63, 3.8) is 0 Å². The second-order valence-electron chi connectivity index (χ2n) is 5.94. The molecule has 0 aliphatic heterocycles. The van der Waals surface area contributed by atoms with Crippen LogP contribution in [0.1, 0.15) is 5.56 Å². The summed E-state index contributed by atoms with van der Waals surface area (Å²) in [6.45, 7) is 0.591. The van der Waals surface area contributed by atoms with E-state index >= 15 is 0 Å². The third-order valence-corrected chi connectivity index (χ3v) is 5.66. The van der Waals surface area contributed by atoms with Crippen LogP contribution in [0.5, 0.6) is 0 Å². The van der Waals surface area contributed by atoms with Gasteiger partial charge in [0.15, 0.2) is 0 Å². The van der Waals surface area contributed by atoms with Crippen LogP contribution in [-0.2, 0) is 23.6 Å². The highest BCUT2D eigenvalue weighted by Gasteiger charge is 2.20. The van der Waals surface area contributed by atoms with Crippen molar-refractivity contribution in [2.45, 2.75) is 11.4 Å². The van der Waals surface area contributed by atoms with E-state index in [1.54, 1.807) is 25.2 Å². The quantitative estimate of drug-likeness (QED) is 0.708. The Hall–Kier alpha value is -2.78. The first kappa shape index (κ1) is 18.0.